The number of amides is 2. The summed E-state index contributed by atoms with van der Waals surface area (Å²) in [7, 11) is 0. The number of nitrogens with two attached hydrogens (primary N) is 1. The van der Waals surface area contributed by atoms with Gasteiger partial charge in [-0.15, -0.1) is 0 Å². The van der Waals surface area contributed by atoms with E-state index in [4.69, 9.17) is 10.8 Å². The minimum atomic E-state index is -0.964. The van der Waals surface area contributed by atoms with Crippen LogP contribution in [0.25, 0.3) is 0 Å². The van der Waals surface area contributed by atoms with Crippen LogP contribution in [0.3, 0.4) is 0 Å². The summed E-state index contributed by atoms with van der Waals surface area (Å²) >= 11 is 0. The van der Waals surface area contributed by atoms with Gasteiger partial charge in [0, 0.05) is 13.1 Å². The Labute approximate surface area is 105 Å². The van der Waals surface area contributed by atoms with E-state index in [1.165, 1.54) is 12.1 Å². The van der Waals surface area contributed by atoms with Crippen molar-refractivity contribution in [3.8, 4) is 0 Å². The first kappa shape index (κ1) is 14.0. The SMILES string of the molecule is NCCCNC(=O)NCc1ccc(C(=O)O)cc1. The van der Waals surface area contributed by atoms with Crippen molar-refractivity contribution < 1.29 is 14.7 Å². The molecule has 6 nitrogen and oxygen atoms in total. The number of carbonyl (C=O) groups excluding carboxylic acids is 1. The number of carboxylic acids is 1. The Morgan fingerprint density at radius 2 is 1.83 bits per heavy atom. The lowest BCUT2D eigenvalue weighted by Crippen LogP contribution is -2.36. The van der Waals surface area contributed by atoms with E-state index in [2.05, 4.69) is 10.6 Å². The van der Waals surface area contributed by atoms with Crippen LogP contribution >= 0.6 is 0 Å². The second-order valence-electron chi connectivity index (χ2n) is 3.75. The molecule has 5 N–H and O–H groups in total. The van der Waals surface area contributed by atoms with E-state index in [1.807, 2.05) is 0 Å². The average Bonchev–Trinajstić information content (AvgIpc) is 2.37. The molecule has 0 radical (unpaired) electrons. The third kappa shape index (κ3) is 4.84. The highest BCUT2D eigenvalue weighted by Crippen LogP contribution is 2.03. The maximum atomic E-state index is 11.3. The Kier molecular flexibility index (Phi) is 5.66. The first-order valence-electron chi connectivity index (χ1n) is 5.67. The first-order valence-corrected chi connectivity index (χ1v) is 5.67. The zero-order valence-corrected chi connectivity index (χ0v) is 9.98. The van der Waals surface area contributed by atoms with E-state index in [1.54, 1.807) is 12.1 Å². The predicted octanol–water partition coefficient (Wildman–Crippen LogP) is 0.533. The summed E-state index contributed by atoms with van der Waals surface area (Å²) in [6.07, 6.45) is 0.737. The molecule has 1 rings (SSSR count). The molecule has 1 aromatic carbocycles. The van der Waals surface area contributed by atoms with Gasteiger partial charge in [0.2, 0.25) is 0 Å². The number of benzene rings is 1. The van der Waals surface area contributed by atoms with Crippen LogP contribution in [0.5, 0.6) is 0 Å². The normalized spacial score (nSPS) is 9.83. The standard InChI is InChI=1S/C12H17N3O3/c13-6-1-7-14-12(18)15-8-9-2-4-10(5-3-9)11(16)17/h2-5H,1,6-8,13H2,(H,16,17)(H2,14,15,18). The van der Waals surface area contributed by atoms with Crippen LogP contribution in [-0.4, -0.2) is 30.2 Å². The lowest BCUT2D eigenvalue weighted by Gasteiger charge is -2.07. The number of carbonyl (C=O) groups is 2. The van der Waals surface area contributed by atoms with Gasteiger partial charge in [0.25, 0.3) is 0 Å². The topological polar surface area (TPSA) is 104 Å². The number of rotatable bonds is 6. The van der Waals surface area contributed by atoms with Crippen molar-refractivity contribution >= 4 is 12.0 Å². The molecule has 0 fully saturated rings. The summed E-state index contributed by atoms with van der Waals surface area (Å²) in [4.78, 5) is 21.9. The predicted molar refractivity (Wildman–Crippen MR) is 67.3 cm³/mol. The molecule has 0 aliphatic rings. The molecule has 0 aromatic heterocycles. The van der Waals surface area contributed by atoms with Crippen molar-refractivity contribution in [3.05, 3.63) is 35.4 Å². The monoisotopic (exact) mass is 251 g/mol. The smallest absolute Gasteiger partial charge is 0.335 e. The van der Waals surface area contributed by atoms with Crippen molar-refractivity contribution in [2.75, 3.05) is 13.1 Å². The van der Waals surface area contributed by atoms with Crippen LogP contribution in [0, 0.1) is 0 Å². The molecule has 6 heteroatoms. The molecule has 98 valence electrons. The summed E-state index contributed by atoms with van der Waals surface area (Å²) in [6.45, 7) is 1.44. The Bertz CT molecular complexity index is 404. The Hall–Kier alpha value is -2.08. The van der Waals surface area contributed by atoms with Gasteiger partial charge in [-0.3, -0.25) is 0 Å². The number of carboxylic acid groups (broad SMARTS) is 1. The van der Waals surface area contributed by atoms with Crippen LogP contribution in [-0.2, 0) is 6.54 Å². The molecular weight excluding hydrogens is 234 g/mol. The quantitative estimate of drug-likeness (QED) is 0.553. The van der Waals surface area contributed by atoms with Crippen LogP contribution in [0.2, 0.25) is 0 Å². The molecule has 0 saturated carbocycles. The highest BCUT2D eigenvalue weighted by atomic mass is 16.4. The Morgan fingerprint density at radius 3 is 2.39 bits per heavy atom. The minimum absolute atomic E-state index is 0.228. The molecule has 0 aliphatic carbocycles. The van der Waals surface area contributed by atoms with E-state index < -0.39 is 5.97 Å². The van der Waals surface area contributed by atoms with Gasteiger partial charge in [0.15, 0.2) is 0 Å². The molecule has 1 aromatic rings. The third-order valence-corrected chi connectivity index (χ3v) is 2.32. The van der Waals surface area contributed by atoms with E-state index >= 15 is 0 Å². The number of hydrogen-bond acceptors (Lipinski definition) is 3. The van der Waals surface area contributed by atoms with Crippen molar-refractivity contribution in [2.45, 2.75) is 13.0 Å². The van der Waals surface area contributed by atoms with E-state index in [9.17, 15) is 9.59 Å². The van der Waals surface area contributed by atoms with E-state index in [-0.39, 0.29) is 11.6 Å². The molecule has 0 saturated heterocycles. The van der Waals surface area contributed by atoms with Gasteiger partial charge in [0.1, 0.15) is 0 Å². The molecular formula is C12H17N3O3. The van der Waals surface area contributed by atoms with Crippen LogP contribution in [0.4, 0.5) is 4.79 Å². The van der Waals surface area contributed by atoms with Crippen molar-refractivity contribution in [3.63, 3.8) is 0 Å². The van der Waals surface area contributed by atoms with Crippen LogP contribution in [0.1, 0.15) is 22.3 Å². The summed E-state index contributed by atoms with van der Waals surface area (Å²) in [5, 5.41) is 14.1. The van der Waals surface area contributed by atoms with E-state index in [0.29, 0.717) is 19.6 Å². The number of aromatic carboxylic acids is 1. The largest absolute Gasteiger partial charge is 0.478 e. The molecule has 0 spiro atoms. The van der Waals surface area contributed by atoms with Crippen molar-refractivity contribution in [1.29, 1.82) is 0 Å². The molecule has 0 bridgehead atoms. The zero-order valence-electron chi connectivity index (χ0n) is 9.98. The average molecular weight is 251 g/mol. The second-order valence-corrected chi connectivity index (χ2v) is 3.75. The summed E-state index contributed by atoms with van der Waals surface area (Å²) in [6, 6.07) is 6.09. The third-order valence-electron chi connectivity index (χ3n) is 2.32. The zero-order chi connectivity index (χ0) is 13.4. The maximum Gasteiger partial charge on any atom is 0.335 e. The van der Waals surface area contributed by atoms with Gasteiger partial charge >= 0.3 is 12.0 Å². The van der Waals surface area contributed by atoms with Crippen LogP contribution < -0.4 is 16.4 Å². The fourth-order valence-corrected chi connectivity index (χ4v) is 1.31. The van der Waals surface area contributed by atoms with Crippen molar-refractivity contribution in [1.82, 2.24) is 10.6 Å². The van der Waals surface area contributed by atoms with Gasteiger partial charge in [-0.2, -0.15) is 0 Å². The van der Waals surface area contributed by atoms with Gasteiger partial charge < -0.3 is 21.5 Å². The van der Waals surface area contributed by atoms with Gasteiger partial charge in [-0.1, -0.05) is 12.1 Å². The lowest BCUT2D eigenvalue weighted by molar-refractivity contribution is 0.0697. The molecule has 0 heterocycles. The molecule has 18 heavy (non-hydrogen) atoms. The van der Waals surface area contributed by atoms with Crippen LogP contribution in [0.15, 0.2) is 24.3 Å². The van der Waals surface area contributed by atoms with Gasteiger partial charge in [-0.25, -0.2) is 9.59 Å². The second kappa shape index (κ2) is 7.29. The van der Waals surface area contributed by atoms with Gasteiger partial charge in [-0.05, 0) is 30.7 Å². The maximum absolute atomic E-state index is 11.3. The Balaban J connectivity index is 2.34. The number of hydrogen-bond donors (Lipinski definition) is 4. The highest BCUT2D eigenvalue weighted by Gasteiger charge is 2.03. The molecule has 0 unspecified atom stereocenters. The summed E-state index contributed by atoms with van der Waals surface area (Å²) in [5.41, 5.74) is 6.37. The first-order chi connectivity index (χ1) is 8.63. The molecule has 2 amide bonds. The molecule has 0 aliphatic heterocycles. The summed E-state index contributed by atoms with van der Waals surface area (Å²) < 4.78 is 0. The summed E-state index contributed by atoms with van der Waals surface area (Å²) in [5.74, 6) is -0.964. The highest BCUT2D eigenvalue weighted by molar-refractivity contribution is 5.87. The number of urea groups is 1. The molecule has 0 atom stereocenters. The van der Waals surface area contributed by atoms with E-state index in [0.717, 1.165) is 12.0 Å². The fourth-order valence-electron chi connectivity index (χ4n) is 1.31. The number of nitrogens with one attached hydrogen (secondary N) is 2. The van der Waals surface area contributed by atoms with Gasteiger partial charge in [0.05, 0.1) is 5.56 Å². The van der Waals surface area contributed by atoms with Crippen molar-refractivity contribution in [2.24, 2.45) is 5.73 Å². The Morgan fingerprint density at radius 1 is 1.17 bits per heavy atom. The fraction of sp³-hybridized carbons (Fsp3) is 0.333. The lowest BCUT2D eigenvalue weighted by atomic mass is 10.1. The minimum Gasteiger partial charge on any atom is -0.478 e.